The molecule has 1 atom stereocenters. The molecule has 2 heterocycles. The monoisotopic (exact) mass is 330 g/mol. The van der Waals surface area contributed by atoms with Crippen LogP contribution in [0.3, 0.4) is 0 Å². The number of furan rings is 1. The molecular weight excluding hydrogens is 312 g/mol. The van der Waals surface area contributed by atoms with Crippen molar-refractivity contribution in [3.05, 3.63) is 59.0 Å². The van der Waals surface area contributed by atoms with E-state index in [0.717, 1.165) is 17.0 Å². The van der Waals surface area contributed by atoms with Crippen LogP contribution >= 0.6 is 11.6 Å². The van der Waals surface area contributed by atoms with Crippen LogP contribution in [0.25, 0.3) is 0 Å². The predicted molar refractivity (Wildman–Crippen MR) is 90.4 cm³/mol. The highest BCUT2D eigenvalue weighted by Crippen LogP contribution is 2.36. The molecule has 1 aliphatic rings. The molecule has 0 spiro atoms. The minimum Gasteiger partial charge on any atom is -0.467 e. The summed E-state index contributed by atoms with van der Waals surface area (Å²) in [4.78, 5) is 12.8. The van der Waals surface area contributed by atoms with Crippen LogP contribution in [-0.4, -0.2) is 16.6 Å². The number of rotatable bonds is 2. The SMILES string of the molecule is CC(C)(C)C(=O)N1N=C(c2ccc(Cl)cc2)C[C@@H]1c1ccco1. The smallest absolute Gasteiger partial charge is 0.248 e. The van der Waals surface area contributed by atoms with E-state index in [1.807, 2.05) is 57.2 Å². The fraction of sp³-hybridized carbons (Fsp3) is 0.333. The standard InChI is InChI=1S/C18H19ClN2O2/c1-18(2,3)17(22)21-15(16-5-4-10-23-16)11-14(20-21)12-6-8-13(19)9-7-12/h4-10,15H,11H2,1-3H3/t15-/m1/s1. The first-order chi connectivity index (χ1) is 10.9. The van der Waals surface area contributed by atoms with Crippen molar-refractivity contribution < 1.29 is 9.21 Å². The number of nitrogens with zero attached hydrogens (tertiary/aromatic N) is 2. The summed E-state index contributed by atoms with van der Waals surface area (Å²) in [6, 6.07) is 11.0. The fourth-order valence-corrected chi connectivity index (χ4v) is 2.69. The molecule has 0 aliphatic carbocycles. The number of hydrogen-bond acceptors (Lipinski definition) is 3. The Bertz CT molecular complexity index is 727. The number of carbonyl (C=O) groups excluding carboxylic acids is 1. The maximum Gasteiger partial charge on any atom is 0.248 e. The number of hydrazone groups is 1. The Labute approximate surface area is 140 Å². The van der Waals surface area contributed by atoms with Crippen LogP contribution in [-0.2, 0) is 4.79 Å². The van der Waals surface area contributed by atoms with E-state index < -0.39 is 5.41 Å². The highest BCUT2D eigenvalue weighted by Gasteiger charge is 2.39. The molecule has 0 N–H and O–H groups in total. The van der Waals surface area contributed by atoms with Gasteiger partial charge in [0.15, 0.2) is 0 Å². The third kappa shape index (κ3) is 3.17. The van der Waals surface area contributed by atoms with E-state index in [4.69, 9.17) is 16.0 Å². The van der Waals surface area contributed by atoms with Gasteiger partial charge in [0.05, 0.1) is 12.0 Å². The van der Waals surface area contributed by atoms with Gasteiger partial charge in [0.2, 0.25) is 5.91 Å². The second-order valence-corrected chi connectivity index (χ2v) is 7.13. The summed E-state index contributed by atoms with van der Waals surface area (Å²) in [5, 5.41) is 6.83. The molecule has 3 rings (SSSR count). The van der Waals surface area contributed by atoms with Crippen LogP contribution in [0.1, 0.15) is 44.6 Å². The third-order valence-electron chi connectivity index (χ3n) is 3.81. The van der Waals surface area contributed by atoms with Gasteiger partial charge in [-0.2, -0.15) is 5.10 Å². The van der Waals surface area contributed by atoms with Crippen molar-refractivity contribution in [1.29, 1.82) is 0 Å². The van der Waals surface area contributed by atoms with Gasteiger partial charge in [-0.25, -0.2) is 5.01 Å². The molecule has 0 saturated heterocycles. The number of hydrogen-bond donors (Lipinski definition) is 0. The zero-order chi connectivity index (χ0) is 16.6. The molecule has 1 aromatic carbocycles. The fourth-order valence-electron chi connectivity index (χ4n) is 2.56. The molecule has 5 heteroatoms. The lowest BCUT2D eigenvalue weighted by Gasteiger charge is -2.27. The molecule has 0 unspecified atom stereocenters. The van der Waals surface area contributed by atoms with Gasteiger partial charge in [-0.05, 0) is 29.8 Å². The van der Waals surface area contributed by atoms with Crippen LogP contribution in [0, 0.1) is 5.41 Å². The highest BCUT2D eigenvalue weighted by atomic mass is 35.5. The van der Waals surface area contributed by atoms with Gasteiger partial charge in [0.25, 0.3) is 0 Å². The lowest BCUT2D eigenvalue weighted by molar-refractivity contribution is -0.141. The lowest BCUT2D eigenvalue weighted by atomic mass is 9.94. The van der Waals surface area contributed by atoms with Crippen LogP contribution < -0.4 is 0 Å². The summed E-state index contributed by atoms with van der Waals surface area (Å²) in [5.74, 6) is 0.721. The Balaban J connectivity index is 1.97. The normalized spacial score (nSPS) is 18.2. The maximum absolute atomic E-state index is 12.8. The molecule has 4 nitrogen and oxygen atoms in total. The molecule has 1 aliphatic heterocycles. The molecule has 120 valence electrons. The van der Waals surface area contributed by atoms with Gasteiger partial charge in [-0.3, -0.25) is 4.79 Å². The molecular formula is C18H19ClN2O2. The number of carbonyl (C=O) groups is 1. The summed E-state index contributed by atoms with van der Waals surface area (Å²) in [5.41, 5.74) is 1.32. The second kappa shape index (κ2) is 5.85. The van der Waals surface area contributed by atoms with E-state index in [0.29, 0.717) is 11.4 Å². The molecule has 0 radical (unpaired) electrons. The first kappa shape index (κ1) is 15.8. The van der Waals surface area contributed by atoms with Crippen molar-refractivity contribution in [2.24, 2.45) is 10.5 Å². The minimum absolute atomic E-state index is 0.0251. The van der Waals surface area contributed by atoms with E-state index in [1.165, 1.54) is 0 Å². The van der Waals surface area contributed by atoms with Gasteiger partial charge >= 0.3 is 0 Å². The molecule has 2 aromatic rings. The molecule has 0 fully saturated rings. The zero-order valence-corrected chi connectivity index (χ0v) is 14.2. The molecule has 23 heavy (non-hydrogen) atoms. The van der Waals surface area contributed by atoms with Gasteiger partial charge in [-0.1, -0.05) is 44.5 Å². The van der Waals surface area contributed by atoms with Crippen molar-refractivity contribution >= 4 is 23.2 Å². The zero-order valence-electron chi connectivity index (χ0n) is 13.4. The average Bonchev–Trinajstić information content (AvgIpc) is 3.15. The Morgan fingerprint density at radius 3 is 2.52 bits per heavy atom. The average molecular weight is 331 g/mol. The number of benzene rings is 1. The van der Waals surface area contributed by atoms with E-state index in [2.05, 4.69) is 5.10 Å². The van der Waals surface area contributed by atoms with Crippen LogP contribution in [0.5, 0.6) is 0 Å². The number of halogens is 1. The molecule has 0 saturated carbocycles. The summed E-state index contributed by atoms with van der Waals surface area (Å²) >= 11 is 5.95. The summed E-state index contributed by atoms with van der Waals surface area (Å²) in [6.07, 6.45) is 2.24. The Hall–Kier alpha value is -2.07. The second-order valence-electron chi connectivity index (χ2n) is 6.69. The summed E-state index contributed by atoms with van der Waals surface area (Å²) < 4.78 is 5.53. The van der Waals surface area contributed by atoms with Gasteiger partial charge in [0, 0.05) is 16.9 Å². The number of amides is 1. The first-order valence-electron chi connectivity index (χ1n) is 7.57. The Morgan fingerprint density at radius 2 is 1.96 bits per heavy atom. The Kier molecular flexibility index (Phi) is 4.02. The van der Waals surface area contributed by atoms with E-state index in [1.54, 1.807) is 11.3 Å². The molecule has 1 amide bonds. The van der Waals surface area contributed by atoms with Crippen molar-refractivity contribution in [2.45, 2.75) is 33.2 Å². The topological polar surface area (TPSA) is 45.8 Å². The van der Waals surface area contributed by atoms with Crippen molar-refractivity contribution in [2.75, 3.05) is 0 Å². The van der Waals surface area contributed by atoms with Gasteiger partial charge < -0.3 is 4.42 Å². The summed E-state index contributed by atoms with van der Waals surface area (Å²) in [7, 11) is 0. The van der Waals surface area contributed by atoms with Crippen molar-refractivity contribution in [1.82, 2.24) is 5.01 Å². The van der Waals surface area contributed by atoms with Crippen LogP contribution in [0.2, 0.25) is 5.02 Å². The first-order valence-corrected chi connectivity index (χ1v) is 7.94. The lowest BCUT2D eigenvalue weighted by Crippen LogP contribution is -2.36. The highest BCUT2D eigenvalue weighted by molar-refractivity contribution is 6.30. The minimum atomic E-state index is -0.510. The van der Waals surface area contributed by atoms with Gasteiger partial charge in [0.1, 0.15) is 11.8 Å². The Morgan fingerprint density at radius 1 is 1.26 bits per heavy atom. The third-order valence-corrected chi connectivity index (χ3v) is 4.06. The molecule has 0 bridgehead atoms. The maximum atomic E-state index is 12.8. The summed E-state index contributed by atoms with van der Waals surface area (Å²) in [6.45, 7) is 5.68. The van der Waals surface area contributed by atoms with Crippen molar-refractivity contribution in [3.63, 3.8) is 0 Å². The van der Waals surface area contributed by atoms with Crippen LogP contribution in [0.15, 0.2) is 52.2 Å². The predicted octanol–water partition coefficient (Wildman–Crippen LogP) is 4.66. The quantitative estimate of drug-likeness (QED) is 0.804. The molecule has 1 aromatic heterocycles. The van der Waals surface area contributed by atoms with Crippen molar-refractivity contribution in [3.8, 4) is 0 Å². The van der Waals surface area contributed by atoms with Gasteiger partial charge in [-0.15, -0.1) is 0 Å². The van der Waals surface area contributed by atoms with E-state index in [9.17, 15) is 4.79 Å². The van der Waals surface area contributed by atoms with E-state index >= 15 is 0 Å². The van der Waals surface area contributed by atoms with Crippen LogP contribution in [0.4, 0.5) is 0 Å². The largest absolute Gasteiger partial charge is 0.467 e. The van der Waals surface area contributed by atoms with E-state index in [-0.39, 0.29) is 11.9 Å².